The van der Waals surface area contributed by atoms with E-state index < -0.39 is 0 Å². The van der Waals surface area contributed by atoms with Crippen LogP contribution < -0.4 is 10.6 Å². The van der Waals surface area contributed by atoms with Crippen LogP contribution in [0.2, 0.25) is 0 Å². The van der Waals surface area contributed by atoms with Crippen molar-refractivity contribution in [3.63, 3.8) is 0 Å². The molecule has 0 atom stereocenters. The maximum atomic E-state index is 14.0. The van der Waals surface area contributed by atoms with E-state index in [0.29, 0.717) is 33.6 Å². The molecular formula is C36H38N2O2. The SMILES string of the molecule is CCCCc1ccc(C)c(Nc2cccc3c2C(=O)c2cccc(Nc4cc(CCCC)ccc4C)c2C3=O)c1. The number of anilines is 4. The number of carbonyl (C=O) groups is 2. The number of rotatable bonds is 10. The number of benzene rings is 4. The highest BCUT2D eigenvalue weighted by Crippen LogP contribution is 2.38. The Morgan fingerprint density at radius 3 is 1.38 bits per heavy atom. The monoisotopic (exact) mass is 530 g/mol. The lowest BCUT2D eigenvalue weighted by molar-refractivity contribution is 0.0980. The quantitative estimate of drug-likeness (QED) is 0.189. The van der Waals surface area contributed by atoms with Gasteiger partial charge in [0.15, 0.2) is 11.6 Å². The molecule has 4 heteroatoms. The zero-order chi connectivity index (χ0) is 28.2. The van der Waals surface area contributed by atoms with Gasteiger partial charge in [-0.05, 0) is 86.1 Å². The average Bonchev–Trinajstić information content (AvgIpc) is 2.96. The van der Waals surface area contributed by atoms with Crippen LogP contribution in [0.25, 0.3) is 0 Å². The van der Waals surface area contributed by atoms with E-state index in [1.807, 2.05) is 24.3 Å². The summed E-state index contributed by atoms with van der Waals surface area (Å²) >= 11 is 0. The molecule has 0 aliphatic heterocycles. The normalized spacial score (nSPS) is 12.2. The van der Waals surface area contributed by atoms with Gasteiger partial charge in [-0.25, -0.2) is 0 Å². The van der Waals surface area contributed by atoms with Gasteiger partial charge in [-0.1, -0.05) is 75.2 Å². The highest BCUT2D eigenvalue weighted by molar-refractivity contribution is 6.32. The second-order valence-electron chi connectivity index (χ2n) is 10.9. The molecule has 1 aliphatic carbocycles. The second-order valence-corrected chi connectivity index (χ2v) is 10.9. The average molecular weight is 531 g/mol. The first-order valence-corrected chi connectivity index (χ1v) is 14.5. The second kappa shape index (κ2) is 11.9. The summed E-state index contributed by atoms with van der Waals surface area (Å²) in [4.78, 5) is 28.0. The van der Waals surface area contributed by atoms with E-state index in [0.717, 1.165) is 61.0 Å². The Kier molecular flexibility index (Phi) is 8.16. The number of nitrogens with one attached hydrogen (secondary N) is 2. The molecule has 5 rings (SSSR count). The minimum atomic E-state index is -0.135. The minimum Gasteiger partial charge on any atom is -0.355 e. The maximum Gasteiger partial charge on any atom is 0.196 e. The largest absolute Gasteiger partial charge is 0.355 e. The molecule has 0 spiro atoms. The van der Waals surface area contributed by atoms with E-state index in [1.54, 1.807) is 12.1 Å². The van der Waals surface area contributed by atoms with E-state index in [2.05, 4.69) is 74.7 Å². The molecule has 4 aromatic carbocycles. The van der Waals surface area contributed by atoms with E-state index in [-0.39, 0.29) is 11.6 Å². The molecule has 4 aromatic rings. The van der Waals surface area contributed by atoms with Crippen molar-refractivity contribution in [3.05, 3.63) is 117 Å². The number of aryl methyl sites for hydroxylation is 4. The molecule has 0 saturated carbocycles. The fraction of sp³-hybridized carbons (Fsp3) is 0.278. The first-order chi connectivity index (χ1) is 19.4. The lowest BCUT2D eigenvalue weighted by Gasteiger charge is -2.24. The third-order valence-corrected chi connectivity index (χ3v) is 7.85. The van der Waals surface area contributed by atoms with Crippen molar-refractivity contribution in [3.8, 4) is 0 Å². The molecule has 0 unspecified atom stereocenters. The molecule has 0 heterocycles. The number of hydrogen-bond donors (Lipinski definition) is 2. The summed E-state index contributed by atoms with van der Waals surface area (Å²) in [7, 11) is 0. The Balaban J connectivity index is 1.50. The molecule has 0 saturated heterocycles. The Bertz CT molecular complexity index is 1470. The molecule has 2 N–H and O–H groups in total. The third kappa shape index (κ3) is 5.44. The van der Waals surface area contributed by atoms with Crippen LogP contribution in [-0.4, -0.2) is 11.6 Å². The number of unbranched alkanes of at least 4 members (excludes halogenated alkanes) is 2. The topological polar surface area (TPSA) is 58.2 Å². The molecule has 204 valence electrons. The lowest BCUT2D eigenvalue weighted by atomic mass is 9.82. The van der Waals surface area contributed by atoms with E-state index in [1.165, 1.54) is 11.1 Å². The number of fused-ring (bicyclic) bond motifs is 2. The fourth-order valence-electron chi connectivity index (χ4n) is 5.42. The van der Waals surface area contributed by atoms with Gasteiger partial charge in [0.1, 0.15) is 0 Å². The van der Waals surface area contributed by atoms with E-state index >= 15 is 0 Å². The zero-order valence-electron chi connectivity index (χ0n) is 24.0. The summed E-state index contributed by atoms with van der Waals surface area (Å²) in [5.41, 5.74) is 9.70. The van der Waals surface area contributed by atoms with Crippen LogP contribution >= 0.6 is 0 Å². The summed E-state index contributed by atoms with van der Waals surface area (Å²) in [5, 5.41) is 6.99. The third-order valence-electron chi connectivity index (χ3n) is 7.85. The van der Waals surface area contributed by atoms with Crippen LogP contribution in [0.3, 0.4) is 0 Å². The van der Waals surface area contributed by atoms with Gasteiger partial charge in [-0.15, -0.1) is 0 Å². The van der Waals surface area contributed by atoms with Crippen LogP contribution in [0.1, 0.15) is 93.6 Å². The molecule has 0 bridgehead atoms. The van der Waals surface area contributed by atoms with Crippen molar-refractivity contribution in [1.29, 1.82) is 0 Å². The predicted molar refractivity (Wildman–Crippen MR) is 166 cm³/mol. The standard InChI is InChI=1S/C36H38N2O2/c1-5-7-11-25-19-17-23(3)31(21-25)37-29-15-9-13-27-33(29)35(39)28-14-10-16-30(34(28)36(27)40)38-32-22-26(12-8-6-2)20-18-24(32)4/h9-10,13-22,37-38H,5-8,11-12H2,1-4H3. The summed E-state index contributed by atoms with van der Waals surface area (Å²) < 4.78 is 0. The van der Waals surface area contributed by atoms with Crippen molar-refractivity contribution >= 4 is 34.3 Å². The van der Waals surface area contributed by atoms with E-state index in [4.69, 9.17) is 0 Å². The van der Waals surface area contributed by atoms with Crippen LogP contribution in [-0.2, 0) is 12.8 Å². The zero-order valence-corrected chi connectivity index (χ0v) is 24.0. The minimum absolute atomic E-state index is 0.135. The van der Waals surface area contributed by atoms with Gasteiger partial charge in [0.05, 0.1) is 22.5 Å². The van der Waals surface area contributed by atoms with Crippen LogP contribution in [0.4, 0.5) is 22.7 Å². The Morgan fingerprint density at radius 2 is 0.975 bits per heavy atom. The van der Waals surface area contributed by atoms with Crippen LogP contribution in [0.15, 0.2) is 72.8 Å². The predicted octanol–water partition coefficient (Wildman–Crippen LogP) is 9.25. The number of ketones is 2. The maximum absolute atomic E-state index is 14.0. The van der Waals surface area contributed by atoms with Gasteiger partial charge in [0, 0.05) is 22.5 Å². The molecule has 0 radical (unpaired) electrons. The number of carbonyl (C=O) groups excluding carboxylic acids is 2. The van der Waals surface area contributed by atoms with Crippen molar-refractivity contribution in [2.75, 3.05) is 10.6 Å². The molecule has 40 heavy (non-hydrogen) atoms. The van der Waals surface area contributed by atoms with Crippen LogP contribution in [0.5, 0.6) is 0 Å². The summed E-state index contributed by atoms with van der Waals surface area (Å²) in [6, 6.07) is 23.9. The first-order valence-electron chi connectivity index (χ1n) is 14.5. The van der Waals surface area contributed by atoms with Crippen molar-refractivity contribution in [2.24, 2.45) is 0 Å². The highest BCUT2D eigenvalue weighted by Gasteiger charge is 2.33. The highest BCUT2D eigenvalue weighted by atomic mass is 16.1. The Labute approximate surface area is 237 Å². The first kappa shape index (κ1) is 27.4. The van der Waals surface area contributed by atoms with Gasteiger partial charge < -0.3 is 10.6 Å². The number of hydrogen-bond acceptors (Lipinski definition) is 4. The van der Waals surface area contributed by atoms with Crippen molar-refractivity contribution in [1.82, 2.24) is 0 Å². The summed E-state index contributed by atoms with van der Waals surface area (Å²) in [5.74, 6) is -0.269. The smallest absolute Gasteiger partial charge is 0.196 e. The van der Waals surface area contributed by atoms with Gasteiger partial charge in [-0.2, -0.15) is 0 Å². The Hall–Kier alpha value is -4.18. The molecule has 0 fully saturated rings. The summed E-state index contributed by atoms with van der Waals surface area (Å²) in [6.07, 6.45) is 6.57. The van der Waals surface area contributed by atoms with Crippen LogP contribution in [0, 0.1) is 13.8 Å². The molecule has 1 aliphatic rings. The fourth-order valence-corrected chi connectivity index (χ4v) is 5.42. The van der Waals surface area contributed by atoms with Gasteiger partial charge in [0.25, 0.3) is 0 Å². The Morgan fingerprint density at radius 1 is 0.550 bits per heavy atom. The van der Waals surface area contributed by atoms with Crippen molar-refractivity contribution < 1.29 is 9.59 Å². The molecule has 0 amide bonds. The summed E-state index contributed by atoms with van der Waals surface area (Å²) in [6.45, 7) is 8.50. The molecule has 4 nitrogen and oxygen atoms in total. The molecular weight excluding hydrogens is 492 g/mol. The van der Waals surface area contributed by atoms with Crippen molar-refractivity contribution in [2.45, 2.75) is 66.2 Å². The van der Waals surface area contributed by atoms with Gasteiger partial charge in [0.2, 0.25) is 0 Å². The van der Waals surface area contributed by atoms with E-state index in [9.17, 15) is 9.59 Å². The molecule has 0 aromatic heterocycles. The van der Waals surface area contributed by atoms with Gasteiger partial charge >= 0.3 is 0 Å². The lowest BCUT2D eigenvalue weighted by Crippen LogP contribution is -2.23. The van der Waals surface area contributed by atoms with Gasteiger partial charge in [-0.3, -0.25) is 9.59 Å².